The number of aliphatic hydroxyl groups excluding tert-OH is 1. The zero-order valence-electron chi connectivity index (χ0n) is 14.7. The molecule has 2 N–H and O–H groups in total. The quantitative estimate of drug-likeness (QED) is 0.743. The molecule has 9 heteroatoms. The second-order valence-electron chi connectivity index (χ2n) is 5.85. The van der Waals surface area contributed by atoms with Crippen molar-refractivity contribution in [3.05, 3.63) is 59.2 Å². The summed E-state index contributed by atoms with van der Waals surface area (Å²) in [4.78, 5) is 0.00284. The first kappa shape index (κ1) is 21.2. The molecule has 5 nitrogen and oxygen atoms in total. The molecule has 0 aliphatic heterocycles. The lowest BCUT2D eigenvalue weighted by atomic mass is 10.1. The maximum Gasteiger partial charge on any atom is 0.416 e. The summed E-state index contributed by atoms with van der Waals surface area (Å²) in [6.07, 6.45) is -5.76. The van der Waals surface area contributed by atoms with Crippen molar-refractivity contribution in [3.8, 4) is 5.75 Å². The Hall–Kier alpha value is -2.10. The van der Waals surface area contributed by atoms with Crippen molar-refractivity contribution in [2.45, 2.75) is 31.0 Å². The fraction of sp³-hybridized carbons (Fsp3) is 0.333. The van der Waals surface area contributed by atoms with Gasteiger partial charge in [-0.05, 0) is 55.3 Å². The monoisotopic (exact) mass is 403 g/mol. The molecule has 0 bridgehead atoms. The molecule has 0 radical (unpaired) electrons. The maximum atomic E-state index is 12.6. The van der Waals surface area contributed by atoms with Crippen LogP contribution in [0.1, 0.15) is 29.7 Å². The molecule has 2 aromatic carbocycles. The number of aliphatic hydroxyl groups is 1. The van der Waals surface area contributed by atoms with Crippen LogP contribution in [0.4, 0.5) is 13.2 Å². The number of hydrogen-bond acceptors (Lipinski definition) is 4. The van der Waals surface area contributed by atoms with Gasteiger partial charge in [0.15, 0.2) is 0 Å². The first-order chi connectivity index (χ1) is 12.5. The molecule has 0 spiro atoms. The van der Waals surface area contributed by atoms with Gasteiger partial charge < -0.3 is 9.84 Å². The third-order valence-corrected chi connectivity index (χ3v) is 5.27. The van der Waals surface area contributed by atoms with Crippen LogP contribution in [0.2, 0.25) is 0 Å². The minimum atomic E-state index is -4.48. The highest BCUT2D eigenvalue weighted by molar-refractivity contribution is 7.89. The number of sulfonamides is 1. The van der Waals surface area contributed by atoms with Gasteiger partial charge in [0.25, 0.3) is 0 Å². The molecule has 0 unspecified atom stereocenters. The van der Waals surface area contributed by atoms with E-state index in [1.165, 1.54) is 12.1 Å². The normalized spacial score (nSPS) is 13.4. The number of halogens is 3. The molecule has 0 aromatic heterocycles. The first-order valence-corrected chi connectivity index (χ1v) is 9.61. The van der Waals surface area contributed by atoms with Crippen molar-refractivity contribution in [1.82, 2.24) is 4.72 Å². The van der Waals surface area contributed by atoms with Crippen LogP contribution in [0.3, 0.4) is 0 Å². The first-order valence-electron chi connectivity index (χ1n) is 8.13. The molecule has 0 amide bonds. The molecule has 0 saturated heterocycles. The summed E-state index contributed by atoms with van der Waals surface area (Å²) < 4.78 is 70.0. The third-order valence-electron chi connectivity index (χ3n) is 3.85. The lowest BCUT2D eigenvalue weighted by molar-refractivity contribution is -0.137. The summed E-state index contributed by atoms with van der Waals surface area (Å²) >= 11 is 0. The Labute approximate surface area is 155 Å². The zero-order chi connectivity index (χ0) is 20.2. The van der Waals surface area contributed by atoms with Gasteiger partial charge >= 0.3 is 6.18 Å². The number of benzene rings is 2. The number of ether oxygens (including phenoxy) is 1. The Morgan fingerprint density at radius 3 is 2.30 bits per heavy atom. The molecule has 1 atom stereocenters. The fourth-order valence-electron chi connectivity index (χ4n) is 2.39. The van der Waals surface area contributed by atoms with Gasteiger partial charge in [-0.15, -0.1) is 0 Å². The highest BCUT2D eigenvalue weighted by atomic mass is 32.2. The Bertz CT molecular complexity index is 880. The lowest BCUT2D eigenvalue weighted by Gasteiger charge is -2.15. The Morgan fingerprint density at radius 1 is 1.15 bits per heavy atom. The number of alkyl halides is 3. The van der Waals surface area contributed by atoms with Gasteiger partial charge in [-0.3, -0.25) is 0 Å². The molecule has 0 heterocycles. The molecule has 0 aliphatic rings. The van der Waals surface area contributed by atoms with E-state index in [9.17, 15) is 26.7 Å². The van der Waals surface area contributed by atoms with E-state index in [1.807, 2.05) is 6.92 Å². The Morgan fingerprint density at radius 2 is 1.78 bits per heavy atom. The van der Waals surface area contributed by atoms with E-state index in [0.717, 1.165) is 24.3 Å². The number of nitrogens with one attached hydrogen (secondary N) is 1. The molecule has 148 valence electrons. The van der Waals surface area contributed by atoms with Crippen LogP contribution in [0, 0.1) is 6.92 Å². The van der Waals surface area contributed by atoms with E-state index in [4.69, 9.17) is 4.74 Å². The minimum Gasteiger partial charge on any atom is -0.494 e. The van der Waals surface area contributed by atoms with Crippen molar-refractivity contribution >= 4 is 10.0 Å². The van der Waals surface area contributed by atoms with Crippen molar-refractivity contribution in [1.29, 1.82) is 0 Å². The van der Waals surface area contributed by atoms with Gasteiger partial charge in [-0.2, -0.15) is 13.2 Å². The fourth-order valence-corrected chi connectivity index (χ4v) is 3.51. The van der Waals surface area contributed by atoms with E-state index in [1.54, 1.807) is 13.0 Å². The van der Waals surface area contributed by atoms with Crippen molar-refractivity contribution in [3.63, 3.8) is 0 Å². The second kappa shape index (κ2) is 8.28. The summed E-state index contributed by atoms with van der Waals surface area (Å²) in [6, 6.07) is 8.26. The van der Waals surface area contributed by atoms with Gasteiger partial charge in [-0.25, -0.2) is 13.1 Å². The Balaban J connectivity index is 2.07. The largest absolute Gasteiger partial charge is 0.494 e. The average Bonchev–Trinajstić information content (AvgIpc) is 2.61. The zero-order valence-corrected chi connectivity index (χ0v) is 15.6. The predicted molar refractivity (Wildman–Crippen MR) is 93.9 cm³/mol. The molecule has 27 heavy (non-hydrogen) atoms. The van der Waals surface area contributed by atoms with Gasteiger partial charge in [0.2, 0.25) is 10.0 Å². The summed E-state index contributed by atoms with van der Waals surface area (Å²) in [5, 5.41) is 10.1. The number of hydrogen-bond donors (Lipinski definition) is 2. The van der Waals surface area contributed by atoms with E-state index in [-0.39, 0.29) is 17.0 Å². The molecule has 0 fully saturated rings. The average molecular weight is 403 g/mol. The third kappa shape index (κ3) is 5.44. The van der Waals surface area contributed by atoms with Crippen LogP contribution in [0.25, 0.3) is 0 Å². The summed E-state index contributed by atoms with van der Waals surface area (Å²) in [6.45, 7) is 3.60. The van der Waals surface area contributed by atoms with Crippen LogP contribution >= 0.6 is 0 Å². The second-order valence-corrected chi connectivity index (χ2v) is 7.61. The predicted octanol–water partition coefficient (Wildman–Crippen LogP) is 3.42. The van der Waals surface area contributed by atoms with Crippen LogP contribution in [0.5, 0.6) is 5.75 Å². The van der Waals surface area contributed by atoms with Crippen LogP contribution < -0.4 is 9.46 Å². The van der Waals surface area contributed by atoms with Gasteiger partial charge in [0.05, 0.1) is 23.2 Å². The SMILES string of the molecule is CCOc1ccc(S(=O)(=O)NC[C@@H](O)c2ccc(C(F)(F)F)cc2)cc1C. The molecule has 0 aliphatic carbocycles. The van der Waals surface area contributed by atoms with Gasteiger partial charge in [0.1, 0.15) is 5.75 Å². The maximum absolute atomic E-state index is 12.6. The summed E-state index contributed by atoms with van der Waals surface area (Å²) in [5.74, 6) is 0.571. The summed E-state index contributed by atoms with van der Waals surface area (Å²) in [5.41, 5.74) is -0.0273. The van der Waals surface area contributed by atoms with Crippen molar-refractivity contribution < 1.29 is 31.4 Å². The lowest BCUT2D eigenvalue weighted by Crippen LogP contribution is -2.28. The molecule has 2 aromatic rings. The topological polar surface area (TPSA) is 75.6 Å². The highest BCUT2D eigenvalue weighted by Gasteiger charge is 2.30. The van der Waals surface area contributed by atoms with Crippen LogP contribution in [0.15, 0.2) is 47.4 Å². The minimum absolute atomic E-state index is 0.00284. The molecular formula is C18H20F3NO4S. The van der Waals surface area contributed by atoms with Gasteiger partial charge in [-0.1, -0.05) is 12.1 Å². The van der Waals surface area contributed by atoms with E-state index >= 15 is 0 Å². The standard InChI is InChI=1S/C18H20F3NO4S/c1-3-26-17-9-8-15(10-12(17)2)27(24,25)22-11-16(23)13-4-6-14(7-5-13)18(19,20)21/h4-10,16,22-23H,3,11H2,1-2H3/t16-/m1/s1. The number of aryl methyl sites for hydroxylation is 1. The highest BCUT2D eigenvalue weighted by Crippen LogP contribution is 2.30. The van der Waals surface area contributed by atoms with Crippen molar-refractivity contribution in [2.75, 3.05) is 13.2 Å². The van der Waals surface area contributed by atoms with Gasteiger partial charge in [0, 0.05) is 6.54 Å². The summed E-state index contributed by atoms with van der Waals surface area (Å²) in [7, 11) is -3.89. The van der Waals surface area contributed by atoms with E-state index < -0.39 is 27.9 Å². The molecule has 2 rings (SSSR count). The van der Waals surface area contributed by atoms with Crippen molar-refractivity contribution in [2.24, 2.45) is 0 Å². The smallest absolute Gasteiger partial charge is 0.416 e. The molecular weight excluding hydrogens is 383 g/mol. The number of rotatable bonds is 7. The van der Waals surface area contributed by atoms with E-state index in [0.29, 0.717) is 17.9 Å². The Kier molecular flexibility index (Phi) is 6.50. The molecule has 0 saturated carbocycles. The van der Waals surface area contributed by atoms with Crippen LogP contribution in [-0.4, -0.2) is 26.7 Å². The van der Waals surface area contributed by atoms with E-state index in [2.05, 4.69) is 4.72 Å². The van der Waals surface area contributed by atoms with Crippen LogP contribution in [-0.2, 0) is 16.2 Å².